The molecule has 0 aromatic heterocycles. The van der Waals surface area contributed by atoms with Gasteiger partial charge in [0.05, 0.1) is 12.0 Å². The van der Waals surface area contributed by atoms with Crippen LogP contribution in [0.5, 0.6) is 0 Å². The van der Waals surface area contributed by atoms with Gasteiger partial charge in [0.2, 0.25) is 0 Å². The third-order valence-electron chi connectivity index (χ3n) is 5.74. The average Bonchev–Trinajstić information content (AvgIpc) is 2.74. The Morgan fingerprint density at radius 3 is 2.32 bits per heavy atom. The van der Waals surface area contributed by atoms with Crippen molar-refractivity contribution in [2.75, 3.05) is 13.2 Å². The van der Waals surface area contributed by atoms with Crippen molar-refractivity contribution in [3.63, 3.8) is 0 Å². The van der Waals surface area contributed by atoms with E-state index < -0.39 is 16.7 Å². The van der Waals surface area contributed by atoms with E-state index in [4.69, 9.17) is 19.9 Å². The van der Waals surface area contributed by atoms with E-state index in [9.17, 15) is 4.79 Å². The van der Waals surface area contributed by atoms with E-state index in [0.717, 1.165) is 25.7 Å². The van der Waals surface area contributed by atoms with Gasteiger partial charge in [-0.15, -0.1) is 0 Å². The van der Waals surface area contributed by atoms with Crippen LogP contribution in [0, 0.1) is 11.3 Å². The largest absolute Gasteiger partial charge is 0.462 e. The van der Waals surface area contributed by atoms with Gasteiger partial charge in [0.1, 0.15) is 12.7 Å². The zero-order valence-corrected chi connectivity index (χ0v) is 16.7. The summed E-state index contributed by atoms with van der Waals surface area (Å²) in [4.78, 5) is 12.8. The van der Waals surface area contributed by atoms with Gasteiger partial charge in [-0.2, -0.15) is 0 Å². The first-order valence-electron chi connectivity index (χ1n) is 9.84. The molecule has 1 saturated heterocycles. The zero-order valence-electron chi connectivity index (χ0n) is 16.7. The molecule has 1 heterocycles. The second-order valence-electron chi connectivity index (χ2n) is 9.21. The number of esters is 1. The molecule has 2 aliphatic rings. The van der Waals surface area contributed by atoms with Gasteiger partial charge in [-0.1, -0.05) is 26.7 Å². The van der Waals surface area contributed by atoms with Crippen LogP contribution in [0.3, 0.4) is 0 Å². The van der Waals surface area contributed by atoms with Gasteiger partial charge in [0.15, 0.2) is 5.79 Å². The molecule has 0 aromatic carbocycles. The molecular weight excluding hydrogens is 318 g/mol. The summed E-state index contributed by atoms with van der Waals surface area (Å²) in [5, 5.41) is 0. The minimum atomic E-state index is -0.599. The van der Waals surface area contributed by atoms with Gasteiger partial charge in [-0.05, 0) is 46.0 Å². The van der Waals surface area contributed by atoms with Gasteiger partial charge in [0.25, 0.3) is 0 Å². The molecule has 0 bridgehead atoms. The number of nitrogens with two attached hydrogens (primary N) is 1. The second kappa shape index (κ2) is 7.93. The van der Waals surface area contributed by atoms with Crippen LogP contribution in [0.25, 0.3) is 0 Å². The standard InChI is InChI=1S/C20H37NO4/c1-15(2)19(5,14-18(3,4)21)17(22)23-12-16-13-24-20(25-16)10-8-6-7-9-11-20/h15-16H,6-14,21H2,1-5H3. The third-order valence-corrected chi connectivity index (χ3v) is 5.74. The van der Waals surface area contributed by atoms with Crippen LogP contribution in [-0.2, 0) is 19.0 Å². The van der Waals surface area contributed by atoms with E-state index in [0.29, 0.717) is 13.0 Å². The van der Waals surface area contributed by atoms with E-state index in [2.05, 4.69) is 0 Å². The second-order valence-corrected chi connectivity index (χ2v) is 9.21. The molecule has 0 amide bonds. The molecule has 0 radical (unpaired) electrons. The van der Waals surface area contributed by atoms with E-state index in [1.54, 1.807) is 0 Å². The molecule has 25 heavy (non-hydrogen) atoms. The van der Waals surface area contributed by atoms with Crippen LogP contribution in [0.2, 0.25) is 0 Å². The number of hydrogen-bond acceptors (Lipinski definition) is 5. The summed E-state index contributed by atoms with van der Waals surface area (Å²) in [6.07, 6.45) is 7.09. The minimum absolute atomic E-state index is 0.150. The SMILES string of the molecule is CC(C)C(C)(CC(C)(C)N)C(=O)OCC1COC2(CCCCCC2)O1. The number of ether oxygens (including phenoxy) is 3. The van der Waals surface area contributed by atoms with Crippen LogP contribution >= 0.6 is 0 Å². The van der Waals surface area contributed by atoms with Gasteiger partial charge >= 0.3 is 5.97 Å². The Labute approximate surface area is 153 Å². The van der Waals surface area contributed by atoms with Crippen molar-refractivity contribution < 1.29 is 19.0 Å². The van der Waals surface area contributed by atoms with Crippen molar-refractivity contribution in [1.29, 1.82) is 0 Å². The summed E-state index contributed by atoms with van der Waals surface area (Å²) < 4.78 is 17.8. The maximum atomic E-state index is 12.8. The van der Waals surface area contributed by atoms with Crippen molar-refractivity contribution >= 4 is 5.97 Å². The predicted molar refractivity (Wildman–Crippen MR) is 98.0 cm³/mol. The minimum Gasteiger partial charge on any atom is -0.462 e. The van der Waals surface area contributed by atoms with E-state index in [-0.39, 0.29) is 24.6 Å². The fraction of sp³-hybridized carbons (Fsp3) is 0.950. The van der Waals surface area contributed by atoms with Crippen molar-refractivity contribution in [3.05, 3.63) is 0 Å². The molecule has 5 nitrogen and oxygen atoms in total. The lowest BCUT2D eigenvalue weighted by Crippen LogP contribution is -2.46. The Kier molecular flexibility index (Phi) is 6.55. The predicted octanol–water partition coefficient (Wildman–Crippen LogP) is 3.79. The van der Waals surface area contributed by atoms with Crippen LogP contribution in [0.1, 0.15) is 79.6 Å². The summed E-state index contributed by atoms with van der Waals surface area (Å²) in [5.41, 5.74) is 5.15. The molecule has 0 aromatic rings. The summed E-state index contributed by atoms with van der Waals surface area (Å²) in [6, 6.07) is 0. The normalized spacial score (nSPS) is 26.4. The molecular formula is C20H37NO4. The lowest BCUT2D eigenvalue weighted by atomic mass is 9.71. The highest BCUT2D eigenvalue weighted by Crippen LogP contribution is 2.38. The molecule has 1 aliphatic carbocycles. The van der Waals surface area contributed by atoms with Crippen LogP contribution in [0.15, 0.2) is 0 Å². The first kappa shape index (κ1) is 20.7. The van der Waals surface area contributed by atoms with E-state index >= 15 is 0 Å². The highest BCUT2D eigenvalue weighted by molar-refractivity contribution is 5.77. The summed E-state index contributed by atoms with van der Waals surface area (Å²) in [5.74, 6) is -0.475. The maximum absolute atomic E-state index is 12.8. The zero-order chi connectivity index (χ0) is 18.7. The van der Waals surface area contributed by atoms with Crippen molar-refractivity contribution in [1.82, 2.24) is 0 Å². The Morgan fingerprint density at radius 2 is 1.80 bits per heavy atom. The lowest BCUT2D eigenvalue weighted by Gasteiger charge is -2.36. The van der Waals surface area contributed by atoms with Crippen molar-refractivity contribution in [3.8, 4) is 0 Å². The Morgan fingerprint density at radius 1 is 1.20 bits per heavy atom. The van der Waals surface area contributed by atoms with Crippen LogP contribution < -0.4 is 5.73 Å². The van der Waals surface area contributed by atoms with E-state index in [1.165, 1.54) is 12.8 Å². The molecule has 1 spiro atoms. The Hall–Kier alpha value is -0.650. The molecule has 5 heteroatoms. The molecule has 2 N–H and O–H groups in total. The number of rotatable bonds is 6. The van der Waals surface area contributed by atoms with Crippen LogP contribution in [0.4, 0.5) is 0 Å². The fourth-order valence-electron chi connectivity index (χ4n) is 4.02. The summed E-state index contributed by atoms with van der Waals surface area (Å²) >= 11 is 0. The van der Waals surface area contributed by atoms with Gasteiger partial charge < -0.3 is 19.9 Å². The first-order valence-corrected chi connectivity index (χ1v) is 9.84. The highest BCUT2D eigenvalue weighted by atomic mass is 16.8. The van der Waals surface area contributed by atoms with Gasteiger partial charge in [-0.25, -0.2) is 0 Å². The molecule has 1 aliphatic heterocycles. The quantitative estimate of drug-likeness (QED) is 0.734. The molecule has 2 fully saturated rings. The first-order chi connectivity index (χ1) is 11.6. The maximum Gasteiger partial charge on any atom is 0.312 e. The average molecular weight is 356 g/mol. The van der Waals surface area contributed by atoms with Crippen LogP contribution in [-0.4, -0.2) is 36.6 Å². The Bertz CT molecular complexity index is 449. The number of carbonyl (C=O) groups excluding carboxylic acids is 1. The van der Waals surface area contributed by atoms with E-state index in [1.807, 2.05) is 34.6 Å². The molecule has 2 rings (SSSR count). The van der Waals surface area contributed by atoms with Crippen molar-refractivity contribution in [2.45, 2.75) is 97.0 Å². The van der Waals surface area contributed by atoms with Gasteiger partial charge in [-0.3, -0.25) is 4.79 Å². The monoisotopic (exact) mass is 355 g/mol. The fourth-order valence-corrected chi connectivity index (χ4v) is 4.02. The molecule has 146 valence electrons. The number of carbonyl (C=O) groups is 1. The molecule has 2 atom stereocenters. The molecule has 1 saturated carbocycles. The van der Waals surface area contributed by atoms with Crippen molar-refractivity contribution in [2.24, 2.45) is 17.1 Å². The third kappa shape index (κ3) is 5.41. The topological polar surface area (TPSA) is 70.8 Å². The summed E-state index contributed by atoms with van der Waals surface area (Å²) in [6.45, 7) is 10.7. The summed E-state index contributed by atoms with van der Waals surface area (Å²) in [7, 11) is 0. The Balaban J connectivity index is 1.90. The highest BCUT2D eigenvalue weighted by Gasteiger charge is 2.44. The number of hydrogen-bond donors (Lipinski definition) is 1. The van der Waals surface area contributed by atoms with Gasteiger partial charge in [0, 0.05) is 18.4 Å². The smallest absolute Gasteiger partial charge is 0.312 e. The molecule has 2 unspecified atom stereocenters. The lowest BCUT2D eigenvalue weighted by molar-refractivity contribution is -0.186.